The number of nitro benzene ring substituents is 1. The van der Waals surface area contributed by atoms with Crippen LogP contribution in [-0.4, -0.2) is 37.0 Å². The van der Waals surface area contributed by atoms with E-state index in [0.717, 1.165) is 0 Å². The van der Waals surface area contributed by atoms with Crippen molar-refractivity contribution in [1.29, 1.82) is 0 Å². The van der Waals surface area contributed by atoms with Crippen LogP contribution in [0, 0.1) is 10.1 Å². The van der Waals surface area contributed by atoms with Gasteiger partial charge >= 0.3 is 11.9 Å². The maximum atomic E-state index is 12.4. The standard InChI is InChI=1S/C25H18N2O8/c1-32-19-5-3-4-17(14-19)23-26-20(25(29)35-23)12-15-6-11-21(22(13-15)33-2)34-24(28)16-7-9-18(10-8-16)27(30)31/h3-14H,1-2H3/b20-12-. The van der Waals surface area contributed by atoms with E-state index in [1.807, 2.05) is 0 Å². The Morgan fingerprint density at radius 2 is 1.77 bits per heavy atom. The molecule has 3 aromatic carbocycles. The lowest BCUT2D eigenvalue weighted by Gasteiger charge is -2.10. The molecule has 0 amide bonds. The van der Waals surface area contributed by atoms with Gasteiger partial charge in [0.2, 0.25) is 5.90 Å². The van der Waals surface area contributed by atoms with E-state index in [1.165, 1.54) is 50.6 Å². The van der Waals surface area contributed by atoms with Gasteiger partial charge < -0.3 is 18.9 Å². The molecule has 0 saturated heterocycles. The van der Waals surface area contributed by atoms with E-state index in [4.69, 9.17) is 18.9 Å². The summed E-state index contributed by atoms with van der Waals surface area (Å²) in [6.45, 7) is 0. The quantitative estimate of drug-likeness (QED) is 0.164. The fourth-order valence-electron chi connectivity index (χ4n) is 3.18. The summed E-state index contributed by atoms with van der Waals surface area (Å²) in [5.74, 6) is -0.208. The summed E-state index contributed by atoms with van der Waals surface area (Å²) >= 11 is 0. The zero-order chi connectivity index (χ0) is 24.9. The molecule has 0 aliphatic carbocycles. The van der Waals surface area contributed by atoms with Gasteiger partial charge in [-0.3, -0.25) is 10.1 Å². The summed E-state index contributed by atoms with van der Waals surface area (Å²) < 4.78 is 21.2. The molecule has 0 N–H and O–H groups in total. The topological polar surface area (TPSA) is 127 Å². The lowest BCUT2D eigenvalue weighted by Crippen LogP contribution is -2.09. The van der Waals surface area contributed by atoms with Crippen LogP contribution in [0.4, 0.5) is 5.69 Å². The number of aliphatic imine (C=N–C) groups is 1. The smallest absolute Gasteiger partial charge is 0.363 e. The van der Waals surface area contributed by atoms with Crippen LogP contribution >= 0.6 is 0 Å². The zero-order valence-corrected chi connectivity index (χ0v) is 18.6. The number of esters is 2. The Hall–Kier alpha value is -4.99. The van der Waals surface area contributed by atoms with Crippen LogP contribution in [-0.2, 0) is 9.53 Å². The number of ether oxygens (including phenoxy) is 4. The molecule has 10 nitrogen and oxygen atoms in total. The first-order valence-corrected chi connectivity index (χ1v) is 10.2. The van der Waals surface area contributed by atoms with Gasteiger partial charge in [-0.05, 0) is 54.1 Å². The molecule has 3 aromatic rings. The fourth-order valence-corrected chi connectivity index (χ4v) is 3.18. The molecule has 0 saturated carbocycles. The molecule has 1 aliphatic rings. The molecule has 0 spiro atoms. The third-order valence-corrected chi connectivity index (χ3v) is 4.94. The highest BCUT2D eigenvalue weighted by atomic mass is 16.6. The molecule has 0 atom stereocenters. The van der Waals surface area contributed by atoms with E-state index in [0.29, 0.717) is 16.9 Å². The monoisotopic (exact) mass is 474 g/mol. The normalized spacial score (nSPS) is 13.7. The van der Waals surface area contributed by atoms with Gasteiger partial charge in [-0.2, -0.15) is 0 Å². The van der Waals surface area contributed by atoms with E-state index < -0.39 is 16.9 Å². The molecule has 4 rings (SSSR count). The number of cyclic esters (lactones) is 1. The third-order valence-electron chi connectivity index (χ3n) is 4.94. The summed E-state index contributed by atoms with van der Waals surface area (Å²) in [5, 5.41) is 10.8. The highest BCUT2D eigenvalue weighted by Gasteiger charge is 2.24. The van der Waals surface area contributed by atoms with Gasteiger partial charge in [0.05, 0.1) is 24.7 Å². The molecule has 1 aliphatic heterocycles. The minimum atomic E-state index is -0.712. The van der Waals surface area contributed by atoms with Crippen molar-refractivity contribution in [1.82, 2.24) is 0 Å². The maximum Gasteiger partial charge on any atom is 0.363 e. The van der Waals surface area contributed by atoms with E-state index in [-0.39, 0.29) is 34.3 Å². The first-order valence-electron chi connectivity index (χ1n) is 10.2. The summed E-state index contributed by atoms with van der Waals surface area (Å²) in [4.78, 5) is 39.3. The van der Waals surface area contributed by atoms with Crippen molar-refractivity contribution < 1.29 is 33.5 Å². The van der Waals surface area contributed by atoms with Crippen LogP contribution in [0.1, 0.15) is 21.5 Å². The predicted molar refractivity (Wildman–Crippen MR) is 125 cm³/mol. The highest BCUT2D eigenvalue weighted by molar-refractivity contribution is 6.13. The first kappa shape index (κ1) is 23.2. The van der Waals surface area contributed by atoms with Crippen molar-refractivity contribution in [3.8, 4) is 17.2 Å². The molecule has 0 aromatic heterocycles. The number of benzene rings is 3. The van der Waals surface area contributed by atoms with Crippen LogP contribution < -0.4 is 14.2 Å². The minimum absolute atomic E-state index is 0.0838. The van der Waals surface area contributed by atoms with Crippen LogP contribution in [0.2, 0.25) is 0 Å². The van der Waals surface area contributed by atoms with Crippen LogP contribution in [0.25, 0.3) is 6.08 Å². The SMILES string of the molecule is COc1cccc(C2=N/C(=C\c3ccc(OC(=O)c4ccc([N+](=O)[O-])cc4)c(OC)c3)C(=O)O2)c1. The Morgan fingerprint density at radius 1 is 1.00 bits per heavy atom. The second kappa shape index (κ2) is 9.87. The van der Waals surface area contributed by atoms with Gasteiger partial charge in [-0.25, -0.2) is 14.6 Å². The molecule has 10 heteroatoms. The molecule has 176 valence electrons. The number of methoxy groups -OCH3 is 2. The molecule has 0 radical (unpaired) electrons. The largest absolute Gasteiger partial charge is 0.497 e. The van der Waals surface area contributed by atoms with Crippen molar-refractivity contribution >= 4 is 29.6 Å². The lowest BCUT2D eigenvalue weighted by atomic mass is 10.1. The van der Waals surface area contributed by atoms with Crippen molar-refractivity contribution in [2.24, 2.45) is 4.99 Å². The van der Waals surface area contributed by atoms with Gasteiger partial charge in [0.15, 0.2) is 17.2 Å². The number of carbonyl (C=O) groups excluding carboxylic acids is 2. The summed E-state index contributed by atoms with van der Waals surface area (Å²) in [6, 6.07) is 16.7. The molecule has 1 heterocycles. The van der Waals surface area contributed by atoms with Crippen LogP contribution in [0.5, 0.6) is 17.2 Å². The Kier molecular flexibility index (Phi) is 6.54. The number of non-ortho nitro benzene ring substituents is 1. The Balaban J connectivity index is 1.54. The average Bonchev–Trinajstić information content (AvgIpc) is 3.24. The van der Waals surface area contributed by atoms with Crippen molar-refractivity contribution in [2.75, 3.05) is 14.2 Å². The molecule has 0 bridgehead atoms. The number of hydrogen-bond acceptors (Lipinski definition) is 9. The number of nitrogens with zero attached hydrogens (tertiary/aromatic N) is 2. The Bertz CT molecular complexity index is 1380. The molecule has 35 heavy (non-hydrogen) atoms. The lowest BCUT2D eigenvalue weighted by molar-refractivity contribution is -0.384. The summed E-state index contributed by atoms with van der Waals surface area (Å²) in [5.41, 5.74) is 1.23. The fraction of sp³-hybridized carbons (Fsp3) is 0.0800. The zero-order valence-electron chi connectivity index (χ0n) is 18.6. The van der Waals surface area contributed by atoms with Gasteiger partial charge in [0.25, 0.3) is 5.69 Å². The van der Waals surface area contributed by atoms with Crippen LogP contribution in [0.15, 0.2) is 77.4 Å². The number of hydrogen-bond donors (Lipinski definition) is 0. The number of rotatable bonds is 7. The van der Waals surface area contributed by atoms with Crippen LogP contribution in [0.3, 0.4) is 0 Å². The Labute approximate surface area is 199 Å². The van der Waals surface area contributed by atoms with Gasteiger partial charge in [0, 0.05) is 17.7 Å². The first-order chi connectivity index (χ1) is 16.9. The minimum Gasteiger partial charge on any atom is -0.497 e. The molecular formula is C25H18N2O8. The number of nitro groups is 1. The van der Waals surface area contributed by atoms with E-state index in [9.17, 15) is 19.7 Å². The molecular weight excluding hydrogens is 456 g/mol. The Morgan fingerprint density at radius 3 is 2.46 bits per heavy atom. The molecule has 0 unspecified atom stereocenters. The van der Waals surface area contributed by atoms with Gasteiger partial charge in [-0.1, -0.05) is 12.1 Å². The van der Waals surface area contributed by atoms with E-state index in [1.54, 1.807) is 36.4 Å². The second-order valence-corrected chi connectivity index (χ2v) is 7.17. The van der Waals surface area contributed by atoms with Crippen molar-refractivity contribution in [3.05, 3.63) is 99.2 Å². The molecule has 0 fully saturated rings. The maximum absolute atomic E-state index is 12.4. The van der Waals surface area contributed by atoms with E-state index >= 15 is 0 Å². The van der Waals surface area contributed by atoms with Crippen molar-refractivity contribution in [2.45, 2.75) is 0 Å². The van der Waals surface area contributed by atoms with Crippen molar-refractivity contribution in [3.63, 3.8) is 0 Å². The van der Waals surface area contributed by atoms with Gasteiger partial charge in [-0.15, -0.1) is 0 Å². The van der Waals surface area contributed by atoms with Gasteiger partial charge in [0.1, 0.15) is 5.75 Å². The summed E-state index contributed by atoms with van der Waals surface area (Å²) in [7, 11) is 2.94. The second-order valence-electron chi connectivity index (χ2n) is 7.17. The van der Waals surface area contributed by atoms with E-state index in [2.05, 4.69) is 4.99 Å². The summed E-state index contributed by atoms with van der Waals surface area (Å²) in [6.07, 6.45) is 1.51. The number of carbonyl (C=O) groups is 2. The third kappa shape index (κ3) is 5.17. The highest BCUT2D eigenvalue weighted by Crippen LogP contribution is 2.31. The average molecular weight is 474 g/mol. The predicted octanol–water partition coefficient (Wildman–Crippen LogP) is 4.18.